The summed E-state index contributed by atoms with van der Waals surface area (Å²) in [6, 6.07) is 8.20. The maximum atomic E-state index is 12.6. The van der Waals surface area contributed by atoms with Crippen molar-refractivity contribution in [2.24, 2.45) is 5.92 Å². The second-order valence-corrected chi connectivity index (χ2v) is 6.10. The zero-order chi connectivity index (χ0) is 17.9. The van der Waals surface area contributed by atoms with Gasteiger partial charge in [0.05, 0.1) is 13.0 Å². The van der Waals surface area contributed by atoms with Crippen LogP contribution in [0.15, 0.2) is 24.3 Å². The van der Waals surface area contributed by atoms with Gasteiger partial charge in [-0.1, -0.05) is 36.8 Å². The number of rotatable bonds is 10. The number of hydrogen-bond acceptors (Lipinski definition) is 4. The van der Waals surface area contributed by atoms with Crippen LogP contribution >= 0.6 is 0 Å². The normalized spacial score (nSPS) is 11.8. The molecule has 1 aromatic carbocycles. The van der Waals surface area contributed by atoms with Crippen LogP contribution in [0.1, 0.15) is 30.9 Å². The minimum absolute atomic E-state index is 0.0578. The first-order valence-corrected chi connectivity index (χ1v) is 8.38. The number of nitrogens with zero attached hydrogens (tertiary/aromatic N) is 1. The first kappa shape index (κ1) is 20.2. The van der Waals surface area contributed by atoms with Crippen molar-refractivity contribution in [3.8, 4) is 0 Å². The van der Waals surface area contributed by atoms with E-state index in [9.17, 15) is 9.59 Å². The zero-order valence-corrected chi connectivity index (χ0v) is 15.2. The average molecular weight is 335 g/mol. The number of carbonyl (C=O) groups excluding carboxylic acids is 2. The molecule has 24 heavy (non-hydrogen) atoms. The predicted molar refractivity (Wildman–Crippen MR) is 93.8 cm³/mol. The lowest BCUT2D eigenvalue weighted by Crippen LogP contribution is -2.38. The number of hydrogen-bond donors (Lipinski definition) is 0. The van der Waals surface area contributed by atoms with Crippen LogP contribution in [0.4, 0.5) is 0 Å². The third-order valence-corrected chi connectivity index (χ3v) is 3.98. The van der Waals surface area contributed by atoms with E-state index in [0.717, 1.165) is 12.0 Å². The van der Waals surface area contributed by atoms with E-state index in [0.29, 0.717) is 32.5 Å². The lowest BCUT2D eigenvalue weighted by molar-refractivity contribution is -0.146. The molecule has 5 heteroatoms. The monoisotopic (exact) mass is 335 g/mol. The Labute approximate surface area is 144 Å². The van der Waals surface area contributed by atoms with Gasteiger partial charge in [0.1, 0.15) is 0 Å². The molecule has 0 bridgehead atoms. The Balaban J connectivity index is 2.60. The standard InChI is InChI=1S/C19H29NO4/c1-15-6-8-17(9-7-15)10-11-18(21)20(12-5-13-23-3)14-16(2)19(22)24-4/h6-9,16H,5,10-14H2,1-4H3. The van der Waals surface area contributed by atoms with Crippen LogP contribution in [-0.2, 0) is 25.5 Å². The number of methoxy groups -OCH3 is 2. The largest absolute Gasteiger partial charge is 0.469 e. The number of esters is 1. The van der Waals surface area contributed by atoms with Gasteiger partial charge in [0.2, 0.25) is 5.91 Å². The molecule has 0 N–H and O–H groups in total. The quantitative estimate of drug-likeness (QED) is 0.487. The summed E-state index contributed by atoms with van der Waals surface area (Å²) in [5.74, 6) is -0.568. The predicted octanol–water partition coefficient (Wildman–Crippen LogP) is 2.60. The van der Waals surface area contributed by atoms with Gasteiger partial charge in [-0.3, -0.25) is 9.59 Å². The average Bonchev–Trinajstić information content (AvgIpc) is 2.59. The third-order valence-electron chi connectivity index (χ3n) is 3.98. The van der Waals surface area contributed by atoms with Crippen LogP contribution < -0.4 is 0 Å². The highest BCUT2D eigenvalue weighted by Gasteiger charge is 2.21. The van der Waals surface area contributed by atoms with Crippen LogP contribution in [0, 0.1) is 12.8 Å². The summed E-state index contributed by atoms with van der Waals surface area (Å²) < 4.78 is 9.81. The van der Waals surface area contributed by atoms with Gasteiger partial charge in [0.25, 0.3) is 0 Å². The molecule has 0 aliphatic rings. The van der Waals surface area contributed by atoms with E-state index in [-0.39, 0.29) is 17.8 Å². The number of amides is 1. The van der Waals surface area contributed by atoms with Crippen LogP contribution in [0.2, 0.25) is 0 Å². The van der Waals surface area contributed by atoms with Gasteiger partial charge in [0, 0.05) is 33.2 Å². The van der Waals surface area contributed by atoms with Gasteiger partial charge in [0.15, 0.2) is 0 Å². The third kappa shape index (κ3) is 7.13. The van der Waals surface area contributed by atoms with Crippen molar-refractivity contribution in [3.05, 3.63) is 35.4 Å². The van der Waals surface area contributed by atoms with E-state index in [2.05, 4.69) is 24.3 Å². The van der Waals surface area contributed by atoms with Crippen molar-refractivity contribution >= 4 is 11.9 Å². The van der Waals surface area contributed by atoms with Gasteiger partial charge in [-0.15, -0.1) is 0 Å². The first-order valence-electron chi connectivity index (χ1n) is 8.38. The fourth-order valence-corrected chi connectivity index (χ4v) is 2.49. The van der Waals surface area contributed by atoms with Gasteiger partial charge in [-0.2, -0.15) is 0 Å². The summed E-state index contributed by atoms with van der Waals surface area (Å²) in [5, 5.41) is 0. The van der Waals surface area contributed by atoms with E-state index in [1.165, 1.54) is 12.7 Å². The molecule has 0 aliphatic heterocycles. The molecule has 0 radical (unpaired) electrons. The Morgan fingerprint density at radius 2 is 1.83 bits per heavy atom. The highest BCUT2D eigenvalue weighted by Crippen LogP contribution is 2.10. The molecule has 0 saturated carbocycles. The molecule has 0 spiro atoms. The molecule has 1 atom stereocenters. The van der Waals surface area contributed by atoms with Crippen molar-refractivity contribution < 1.29 is 19.1 Å². The lowest BCUT2D eigenvalue weighted by Gasteiger charge is -2.25. The van der Waals surface area contributed by atoms with Crippen LogP contribution in [0.25, 0.3) is 0 Å². The van der Waals surface area contributed by atoms with Gasteiger partial charge in [-0.05, 0) is 25.3 Å². The SMILES string of the molecule is COCCCN(CC(C)C(=O)OC)C(=O)CCc1ccc(C)cc1. The fourth-order valence-electron chi connectivity index (χ4n) is 2.49. The molecule has 1 unspecified atom stereocenters. The van der Waals surface area contributed by atoms with Crippen molar-refractivity contribution in [3.63, 3.8) is 0 Å². The van der Waals surface area contributed by atoms with Crippen molar-refractivity contribution in [2.45, 2.75) is 33.1 Å². The molecule has 0 saturated heterocycles. The maximum absolute atomic E-state index is 12.6. The Kier molecular flexibility index (Phi) is 9.08. The number of ether oxygens (including phenoxy) is 2. The summed E-state index contributed by atoms with van der Waals surface area (Å²) in [6.07, 6.45) is 1.89. The van der Waals surface area contributed by atoms with E-state index in [1.54, 1.807) is 18.9 Å². The summed E-state index contributed by atoms with van der Waals surface area (Å²) in [4.78, 5) is 25.9. The molecule has 0 aliphatic carbocycles. The number of benzene rings is 1. The second-order valence-electron chi connectivity index (χ2n) is 6.10. The molecule has 5 nitrogen and oxygen atoms in total. The molecule has 1 aromatic rings. The fraction of sp³-hybridized carbons (Fsp3) is 0.579. The van der Waals surface area contributed by atoms with E-state index < -0.39 is 0 Å². The minimum Gasteiger partial charge on any atom is -0.469 e. The summed E-state index contributed by atoms with van der Waals surface area (Å²) in [5.41, 5.74) is 2.35. The highest BCUT2D eigenvalue weighted by molar-refractivity contribution is 5.78. The lowest BCUT2D eigenvalue weighted by atomic mass is 10.1. The zero-order valence-electron chi connectivity index (χ0n) is 15.2. The van der Waals surface area contributed by atoms with Gasteiger partial charge < -0.3 is 14.4 Å². The molecule has 0 heterocycles. The molecular weight excluding hydrogens is 306 g/mol. The van der Waals surface area contributed by atoms with Crippen LogP contribution in [0.5, 0.6) is 0 Å². The Hall–Kier alpha value is -1.88. The summed E-state index contributed by atoms with van der Waals surface area (Å²) in [6.45, 7) is 5.38. The van der Waals surface area contributed by atoms with E-state index in [4.69, 9.17) is 9.47 Å². The molecule has 1 amide bonds. The van der Waals surface area contributed by atoms with Crippen LogP contribution in [-0.4, -0.2) is 50.7 Å². The minimum atomic E-state index is -0.333. The molecule has 0 aromatic heterocycles. The van der Waals surface area contributed by atoms with Crippen molar-refractivity contribution in [1.29, 1.82) is 0 Å². The maximum Gasteiger partial charge on any atom is 0.310 e. The van der Waals surface area contributed by atoms with Gasteiger partial charge in [-0.25, -0.2) is 0 Å². The Bertz CT molecular complexity index is 513. The number of carbonyl (C=O) groups is 2. The Morgan fingerprint density at radius 1 is 1.17 bits per heavy atom. The molecule has 1 rings (SSSR count). The highest BCUT2D eigenvalue weighted by atomic mass is 16.5. The Morgan fingerprint density at radius 3 is 2.42 bits per heavy atom. The smallest absolute Gasteiger partial charge is 0.310 e. The van der Waals surface area contributed by atoms with Gasteiger partial charge >= 0.3 is 5.97 Å². The summed E-state index contributed by atoms with van der Waals surface area (Å²) >= 11 is 0. The molecule has 134 valence electrons. The molecule has 0 fully saturated rings. The summed E-state index contributed by atoms with van der Waals surface area (Å²) in [7, 11) is 3.01. The van der Waals surface area contributed by atoms with Crippen LogP contribution in [0.3, 0.4) is 0 Å². The van der Waals surface area contributed by atoms with Crippen molar-refractivity contribution in [2.75, 3.05) is 33.9 Å². The topological polar surface area (TPSA) is 55.8 Å². The first-order chi connectivity index (χ1) is 11.5. The van der Waals surface area contributed by atoms with Crippen molar-refractivity contribution in [1.82, 2.24) is 4.90 Å². The second kappa shape index (κ2) is 10.8. The van der Waals surface area contributed by atoms with E-state index in [1.807, 2.05) is 6.92 Å². The number of aryl methyl sites for hydroxylation is 2. The molecular formula is C19H29NO4. The van der Waals surface area contributed by atoms with E-state index >= 15 is 0 Å².